The Bertz CT molecular complexity index is 324. The molecule has 2 atom stereocenters. The van der Waals surface area contributed by atoms with E-state index in [-0.39, 0.29) is 0 Å². The number of hydrogen-bond donors (Lipinski definition) is 1. The maximum atomic E-state index is 3.64. The predicted octanol–water partition coefficient (Wildman–Crippen LogP) is 4.50. The van der Waals surface area contributed by atoms with Crippen molar-refractivity contribution in [1.29, 1.82) is 0 Å². The van der Waals surface area contributed by atoms with Gasteiger partial charge in [-0.1, -0.05) is 45.4 Å². The molecule has 2 unspecified atom stereocenters. The van der Waals surface area contributed by atoms with Gasteiger partial charge in [0.25, 0.3) is 0 Å². The first kappa shape index (κ1) is 14.6. The summed E-state index contributed by atoms with van der Waals surface area (Å²) in [7, 11) is 0. The third kappa shape index (κ3) is 4.04. The van der Waals surface area contributed by atoms with Crippen LogP contribution in [0.25, 0.3) is 0 Å². The molecular weight excluding hydrogens is 226 g/mol. The van der Waals surface area contributed by atoms with E-state index in [0.717, 1.165) is 6.54 Å². The zero-order valence-corrected chi connectivity index (χ0v) is 12.3. The lowest BCUT2D eigenvalue weighted by molar-refractivity contribution is 0.365. The zero-order chi connectivity index (χ0) is 12.7. The molecule has 0 saturated heterocycles. The fraction of sp³-hybridized carbons (Fsp3) is 0.600. The van der Waals surface area contributed by atoms with Gasteiger partial charge in [0.05, 0.1) is 0 Å². The van der Waals surface area contributed by atoms with Crippen LogP contribution in [0, 0.1) is 5.92 Å². The molecule has 1 nitrogen and oxygen atoms in total. The summed E-state index contributed by atoms with van der Waals surface area (Å²) in [5.41, 5.74) is 1.46. The summed E-state index contributed by atoms with van der Waals surface area (Å²) in [4.78, 5) is 1.40. The van der Waals surface area contributed by atoms with Crippen molar-refractivity contribution < 1.29 is 0 Å². The first-order valence-corrected chi connectivity index (χ1v) is 7.83. The van der Waals surface area contributed by atoms with Crippen molar-refractivity contribution >= 4 is 11.8 Å². The van der Waals surface area contributed by atoms with Crippen LogP contribution < -0.4 is 5.32 Å². The zero-order valence-electron chi connectivity index (χ0n) is 11.5. The second kappa shape index (κ2) is 7.78. The molecule has 17 heavy (non-hydrogen) atoms. The van der Waals surface area contributed by atoms with Crippen LogP contribution in [-0.2, 0) is 0 Å². The Balaban J connectivity index is 2.95. The monoisotopic (exact) mass is 251 g/mol. The lowest BCUT2D eigenvalue weighted by Gasteiger charge is -2.26. The average molecular weight is 251 g/mol. The van der Waals surface area contributed by atoms with Crippen molar-refractivity contribution in [2.75, 3.05) is 12.8 Å². The van der Waals surface area contributed by atoms with Gasteiger partial charge < -0.3 is 5.32 Å². The molecule has 1 aromatic carbocycles. The van der Waals surface area contributed by atoms with E-state index in [0.29, 0.717) is 12.0 Å². The van der Waals surface area contributed by atoms with E-state index in [4.69, 9.17) is 0 Å². The number of benzene rings is 1. The number of rotatable bonds is 7. The third-order valence-corrected chi connectivity index (χ3v) is 4.02. The SMILES string of the molecule is CCCC(C)C(NCC)c1ccccc1SC. The van der Waals surface area contributed by atoms with E-state index < -0.39 is 0 Å². The molecule has 2 heteroatoms. The smallest absolute Gasteiger partial charge is 0.0357 e. The van der Waals surface area contributed by atoms with Crippen molar-refractivity contribution in [3.8, 4) is 0 Å². The Kier molecular flexibility index (Phi) is 6.68. The topological polar surface area (TPSA) is 12.0 Å². The van der Waals surface area contributed by atoms with Crippen molar-refractivity contribution in [1.82, 2.24) is 5.32 Å². The van der Waals surface area contributed by atoms with E-state index >= 15 is 0 Å². The molecule has 0 saturated carbocycles. The molecule has 0 aromatic heterocycles. The van der Waals surface area contributed by atoms with Gasteiger partial charge in [0.15, 0.2) is 0 Å². The van der Waals surface area contributed by atoms with Crippen LogP contribution in [0.2, 0.25) is 0 Å². The van der Waals surface area contributed by atoms with Crippen LogP contribution in [0.15, 0.2) is 29.2 Å². The van der Waals surface area contributed by atoms with E-state index in [1.54, 1.807) is 0 Å². The van der Waals surface area contributed by atoms with E-state index in [9.17, 15) is 0 Å². The minimum atomic E-state index is 0.489. The maximum absolute atomic E-state index is 3.64. The van der Waals surface area contributed by atoms with Crippen LogP contribution in [0.4, 0.5) is 0 Å². The molecule has 0 aliphatic rings. The first-order chi connectivity index (χ1) is 8.24. The average Bonchev–Trinajstić information content (AvgIpc) is 2.36. The van der Waals surface area contributed by atoms with Crippen molar-refractivity contribution in [2.45, 2.75) is 44.6 Å². The minimum Gasteiger partial charge on any atom is -0.310 e. The van der Waals surface area contributed by atoms with Crippen LogP contribution in [-0.4, -0.2) is 12.8 Å². The summed E-state index contributed by atoms with van der Waals surface area (Å²) in [5, 5.41) is 3.64. The van der Waals surface area contributed by atoms with Gasteiger partial charge in [-0.15, -0.1) is 11.8 Å². The molecule has 0 amide bonds. The van der Waals surface area contributed by atoms with Crippen molar-refractivity contribution in [3.63, 3.8) is 0 Å². The summed E-state index contributed by atoms with van der Waals surface area (Å²) < 4.78 is 0. The maximum Gasteiger partial charge on any atom is 0.0357 e. The lowest BCUT2D eigenvalue weighted by atomic mass is 9.91. The molecular formula is C15H25NS. The Morgan fingerprint density at radius 2 is 1.94 bits per heavy atom. The highest BCUT2D eigenvalue weighted by Crippen LogP contribution is 2.32. The minimum absolute atomic E-state index is 0.489. The normalized spacial score (nSPS) is 14.6. The quantitative estimate of drug-likeness (QED) is 0.716. The van der Waals surface area contributed by atoms with Crippen LogP contribution in [0.5, 0.6) is 0 Å². The summed E-state index contributed by atoms with van der Waals surface area (Å²) in [6, 6.07) is 9.26. The highest BCUT2D eigenvalue weighted by Gasteiger charge is 2.19. The highest BCUT2D eigenvalue weighted by molar-refractivity contribution is 7.98. The Labute approximate surface area is 110 Å². The van der Waals surface area contributed by atoms with Crippen molar-refractivity contribution in [3.05, 3.63) is 29.8 Å². The van der Waals surface area contributed by atoms with E-state index in [2.05, 4.69) is 56.6 Å². The fourth-order valence-corrected chi connectivity index (χ4v) is 3.03. The van der Waals surface area contributed by atoms with Gasteiger partial charge in [-0.3, -0.25) is 0 Å². The Morgan fingerprint density at radius 3 is 2.53 bits per heavy atom. The first-order valence-electron chi connectivity index (χ1n) is 6.60. The van der Waals surface area contributed by atoms with Gasteiger partial charge >= 0.3 is 0 Å². The van der Waals surface area contributed by atoms with Gasteiger partial charge in [0.1, 0.15) is 0 Å². The van der Waals surface area contributed by atoms with Gasteiger partial charge in [-0.25, -0.2) is 0 Å². The molecule has 0 radical (unpaired) electrons. The summed E-state index contributed by atoms with van der Waals surface area (Å²) in [6.45, 7) is 7.84. The Hall–Kier alpha value is -0.470. The fourth-order valence-electron chi connectivity index (χ4n) is 2.38. The van der Waals surface area contributed by atoms with E-state index in [1.165, 1.54) is 23.3 Å². The lowest BCUT2D eigenvalue weighted by Crippen LogP contribution is -2.27. The van der Waals surface area contributed by atoms with Crippen LogP contribution in [0.1, 0.15) is 45.2 Å². The molecule has 0 fully saturated rings. The van der Waals surface area contributed by atoms with Crippen LogP contribution >= 0.6 is 11.8 Å². The van der Waals surface area contributed by atoms with Gasteiger partial charge in [0.2, 0.25) is 0 Å². The molecule has 1 rings (SSSR count). The number of hydrogen-bond acceptors (Lipinski definition) is 2. The Morgan fingerprint density at radius 1 is 1.24 bits per heavy atom. The van der Waals surface area contributed by atoms with E-state index in [1.807, 2.05) is 11.8 Å². The van der Waals surface area contributed by atoms with Crippen molar-refractivity contribution in [2.24, 2.45) is 5.92 Å². The molecule has 0 aliphatic carbocycles. The van der Waals surface area contributed by atoms with Gasteiger partial charge in [-0.2, -0.15) is 0 Å². The molecule has 0 aliphatic heterocycles. The highest BCUT2D eigenvalue weighted by atomic mass is 32.2. The summed E-state index contributed by atoms with van der Waals surface area (Å²) in [6.07, 6.45) is 4.69. The number of nitrogens with one attached hydrogen (secondary N) is 1. The molecule has 1 N–H and O–H groups in total. The molecule has 1 aromatic rings. The largest absolute Gasteiger partial charge is 0.310 e. The summed E-state index contributed by atoms with van der Waals surface area (Å²) >= 11 is 1.85. The summed E-state index contributed by atoms with van der Waals surface area (Å²) in [5.74, 6) is 0.688. The number of thioether (sulfide) groups is 1. The van der Waals surface area contributed by atoms with Gasteiger partial charge in [0, 0.05) is 10.9 Å². The van der Waals surface area contributed by atoms with Crippen LogP contribution in [0.3, 0.4) is 0 Å². The molecule has 0 bridgehead atoms. The molecule has 0 heterocycles. The van der Waals surface area contributed by atoms with Gasteiger partial charge in [-0.05, 0) is 36.8 Å². The second-order valence-corrected chi connectivity index (χ2v) is 5.39. The second-order valence-electron chi connectivity index (χ2n) is 4.54. The standard InChI is InChI=1S/C15H25NS/c1-5-9-12(3)15(16-6-2)13-10-7-8-11-14(13)17-4/h7-8,10-12,15-16H,5-6,9H2,1-4H3. The molecule has 96 valence electrons. The predicted molar refractivity (Wildman–Crippen MR) is 78.7 cm³/mol. The molecule has 0 spiro atoms. The third-order valence-electron chi connectivity index (χ3n) is 3.21.